The van der Waals surface area contributed by atoms with Crippen molar-refractivity contribution in [3.8, 4) is 5.69 Å². The standard InChI is InChI=1S/C15H16N4O3/c1-10(14(20)18-12-4-5-12)22-15(21)11-2-6-13(7-3-11)19-9-16-8-17-19/h2-3,6-10,12H,4-5H2,1H3,(H,18,20)/t10-/m0/s1. The van der Waals surface area contributed by atoms with Crippen molar-refractivity contribution in [2.75, 3.05) is 0 Å². The highest BCUT2D eigenvalue weighted by atomic mass is 16.5. The van der Waals surface area contributed by atoms with Gasteiger partial charge in [0.1, 0.15) is 12.7 Å². The molecule has 3 rings (SSSR count). The van der Waals surface area contributed by atoms with Gasteiger partial charge in [-0.05, 0) is 44.0 Å². The summed E-state index contributed by atoms with van der Waals surface area (Å²) in [5.41, 5.74) is 1.17. The van der Waals surface area contributed by atoms with Gasteiger partial charge in [-0.2, -0.15) is 5.10 Å². The molecule has 1 fully saturated rings. The molecule has 22 heavy (non-hydrogen) atoms. The van der Waals surface area contributed by atoms with Crippen LogP contribution in [-0.4, -0.2) is 38.8 Å². The van der Waals surface area contributed by atoms with Gasteiger partial charge < -0.3 is 10.1 Å². The number of aromatic nitrogens is 3. The van der Waals surface area contributed by atoms with Crippen LogP contribution in [0.4, 0.5) is 0 Å². The third-order valence-electron chi connectivity index (χ3n) is 3.36. The van der Waals surface area contributed by atoms with Crippen molar-refractivity contribution in [1.29, 1.82) is 0 Å². The van der Waals surface area contributed by atoms with Crippen LogP contribution < -0.4 is 5.32 Å². The smallest absolute Gasteiger partial charge is 0.338 e. The minimum absolute atomic E-state index is 0.246. The Morgan fingerprint density at radius 2 is 2.05 bits per heavy atom. The van der Waals surface area contributed by atoms with Gasteiger partial charge in [0.25, 0.3) is 5.91 Å². The number of carbonyl (C=O) groups is 2. The summed E-state index contributed by atoms with van der Waals surface area (Å²) in [7, 11) is 0. The fourth-order valence-electron chi connectivity index (χ4n) is 1.92. The van der Waals surface area contributed by atoms with E-state index in [1.54, 1.807) is 42.2 Å². The lowest BCUT2D eigenvalue weighted by molar-refractivity contribution is -0.129. The lowest BCUT2D eigenvalue weighted by Gasteiger charge is -2.13. The van der Waals surface area contributed by atoms with E-state index in [9.17, 15) is 9.59 Å². The molecular weight excluding hydrogens is 284 g/mol. The van der Waals surface area contributed by atoms with Crippen LogP contribution in [0.3, 0.4) is 0 Å². The van der Waals surface area contributed by atoms with Crippen LogP contribution in [0.15, 0.2) is 36.9 Å². The number of rotatable bonds is 5. The molecule has 7 nitrogen and oxygen atoms in total. The van der Waals surface area contributed by atoms with Crippen LogP contribution in [0, 0.1) is 0 Å². The van der Waals surface area contributed by atoms with Crippen LogP contribution >= 0.6 is 0 Å². The van der Waals surface area contributed by atoms with Crippen molar-refractivity contribution in [3.05, 3.63) is 42.5 Å². The molecule has 0 unspecified atom stereocenters. The molecule has 0 spiro atoms. The highest BCUT2D eigenvalue weighted by molar-refractivity contribution is 5.92. The minimum atomic E-state index is -0.803. The zero-order valence-corrected chi connectivity index (χ0v) is 12.1. The summed E-state index contributed by atoms with van der Waals surface area (Å²) in [4.78, 5) is 27.6. The van der Waals surface area contributed by atoms with E-state index in [1.165, 1.54) is 6.33 Å². The van der Waals surface area contributed by atoms with Gasteiger partial charge >= 0.3 is 5.97 Å². The SMILES string of the molecule is C[C@H](OC(=O)c1ccc(-n2cncn2)cc1)C(=O)NC1CC1. The molecule has 0 radical (unpaired) electrons. The fourth-order valence-corrected chi connectivity index (χ4v) is 1.92. The second-order valence-corrected chi connectivity index (χ2v) is 5.22. The van der Waals surface area contributed by atoms with Crippen LogP contribution in [0.2, 0.25) is 0 Å². The Morgan fingerprint density at radius 1 is 1.32 bits per heavy atom. The first-order valence-electron chi connectivity index (χ1n) is 7.10. The number of hydrogen-bond donors (Lipinski definition) is 1. The fraction of sp³-hybridized carbons (Fsp3) is 0.333. The van der Waals surface area contributed by atoms with Crippen LogP contribution in [0.1, 0.15) is 30.1 Å². The molecule has 7 heteroatoms. The number of nitrogens with zero attached hydrogens (tertiary/aromatic N) is 3. The molecule has 0 aliphatic heterocycles. The molecule has 1 saturated carbocycles. The van der Waals surface area contributed by atoms with E-state index in [2.05, 4.69) is 15.4 Å². The largest absolute Gasteiger partial charge is 0.449 e. The number of esters is 1. The Bertz CT molecular complexity index is 663. The molecule has 1 aromatic heterocycles. The summed E-state index contributed by atoms with van der Waals surface area (Å²) >= 11 is 0. The van der Waals surface area contributed by atoms with E-state index < -0.39 is 12.1 Å². The zero-order chi connectivity index (χ0) is 15.5. The summed E-state index contributed by atoms with van der Waals surface area (Å²) in [5, 5.41) is 6.81. The maximum absolute atomic E-state index is 12.0. The average Bonchev–Trinajstić information content (AvgIpc) is 3.17. The number of amides is 1. The molecule has 1 aromatic carbocycles. The molecule has 1 amide bonds. The summed E-state index contributed by atoms with van der Waals surface area (Å²) in [6.45, 7) is 1.57. The molecule has 2 aromatic rings. The van der Waals surface area contributed by atoms with Gasteiger partial charge in [-0.25, -0.2) is 14.5 Å². The third kappa shape index (κ3) is 3.30. The third-order valence-corrected chi connectivity index (χ3v) is 3.36. The topological polar surface area (TPSA) is 86.1 Å². The second-order valence-electron chi connectivity index (χ2n) is 5.22. The Morgan fingerprint density at radius 3 is 2.64 bits per heavy atom. The molecule has 1 heterocycles. The Balaban J connectivity index is 1.60. The molecular formula is C15H16N4O3. The van der Waals surface area contributed by atoms with Crippen LogP contribution in [0.5, 0.6) is 0 Å². The average molecular weight is 300 g/mol. The maximum Gasteiger partial charge on any atom is 0.338 e. The van der Waals surface area contributed by atoms with Crippen molar-refractivity contribution in [3.63, 3.8) is 0 Å². The Kier molecular flexibility index (Phi) is 3.86. The van der Waals surface area contributed by atoms with Gasteiger partial charge in [-0.1, -0.05) is 0 Å². The quantitative estimate of drug-likeness (QED) is 0.835. The van der Waals surface area contributed by atoms with E-state index in [1.807, 2.05) is 0 Å². The van der Waals surface area contributed by atoms with E-state index in [0.717, 1.165) is 18.5 Å². The van der Waals surface area contributed by atoms with E-state index in [0.29, 0.717) is 5.56 Å². The first-order chi connectivity index (χ1) is 10.6. The normalized spacial score (nSPS) is 15.1. The monoisotopic (exact) mass is 300 g/mol. The number of ether oxygens (including phenoxy) is 1. The number of carbonyl (C=O) groups excluding carboxylic acids is 2. The molecule has 1 atom stereocenters. The Hall–Kier alpha value is -2.70. The van der Waals surface area contributed by atoms with E-state index in [-0.39, 0.29) is 11.9 Å². The van der Waals surface area contributed by atoms with Crippen molar-refractivity contribution in [1.82, 2.24) is 20.1 Å². The molecule has 1 aliphatic rings. The molecule has 0 bridgehead atoms. The second kappa shape index (κ2) is 5.97. The van der Waals surface area contributed by atoms with Gasteiger partial charge in [-0.3, -0.25) is 4.79 Å². The van der Waals surface area contributed by atoms with Gasteiger partial charge in [0.15, 0.2) is 6.10 Å². The van der Waals surface area contributed by atoms with Crippen LogP contribution in [-0.2, 0) is 9.53 Å². The molecule has 1 aliphatic carbocycles. The molecule has 114 valence electrons. The van der Waals surface area contributed by atoms with Crippen molar-refractivity contribution >= 4 is 11.9 Å². The lowest BCUT2D eigenvalue weighted by Crippen LogP contribution is -2.37. The van der Waals surface area contributed by atoms with Gasteiger partial charge in [0.2, 0.25) is 0 Å². The van der Waals surface area contributed by atoms with Crippen molar-refractivity contribution in [2.45, 2.75) is 31.9 Å². The first kappa shape index (κ1) is 14.2. The van der Waals surface area contributed by atoms with Crippen molar-refractivity contribution in [2.24, 2.45) is 0 Å². The lowest BCUT2D eigenvalue weighted by atomic mass is 10.2. The number of benzene rings is 1. The molecule has 0 saturated heterocycles. The molecule has 1 N–H and O–H groups in total. The number of nitrogens with one attached hydrogen (secondary N) is 1. The van der Waals surface area contributed by atoms with Crippen molar-refractivity contribution < 1.29 is 14.3 Å². The van der Waals surface area contributed by atoms with Gasteiger partial charge in [-0.15, -0.1) is 0 Å². The summed E-state index contributed by atoms with van der Waals surface area (Å²) in [6.07, 6.45) is 4.19. The van der Waals surface area contributed by atoms with Crippen LogP contribution in [0.25, 0.3) is 5.69 Å². The van der Waals surface area contributed by atoms with Gasteiger partial charge in [0.05, 0.1) is 11.3 Å². The van der Waals surface area contributed by atoms with Gasteiger partial charge in [0, 0.05) is 6.04 Å². The predicted molar refractivity (Wildman–Crippen MR) is 77.4 cm³/mol. The maximum atomic E-state index is 12.0. The first-order valence-corrected chi connectivity index (χ1v) is 7.10. The number of hydrogen-bond acceptors (Lipinski definition) is 5. The summed E-state index contributed by atoms with van der Waals surface area (Å²) in [5.74, 6) is -0.779. The van der Waals surface area contributed by atoms with E-state index in [4.69, 9.17) is 4.74 Å². The highest BCUT2D eigenvalue weighted by Gasteiger charge is 2.27. The summed E-state index contributed by atoms with van der Waals surface area (Å²) < 4.78 is 6.76. The zero-order valence-electron chi connectivity index (χ0n) is 12.1. The highest BCUT2D eigenvalue weighted by Crippen LogP contribution is 2.19. The predicted octanol–water partition coefficient (Wildman–Crippen LogP) is 1.09. The Labute approximate surface area is 127 Å². The minimum Gasteiger partial charge on any atom is -0.449 e. The summed E-state index contributed by atoms with van der Waals surface area (Å²) in [6, 6.07) is 6.98. The van der Waals surface area contributed by atoms with E-state index >= 15 is 0 Å².